The third kappa shape index (κ3) is 2.18. The van der Waals surface area contributed by atoms with E-state index in [4.69, 9.17) is 4.52 Å². The van der Waals surface area contributed by atoms with Gasteiger partial charge in [-0.3, -0.25) is 5.10 Å². The van der Waals surface area contributed by atoms with E-state index in [9.17, 15) is 5.11 Å². The number of rotatable bonds is 4. The molecule has 1 atom stereocenters. The zero-order valence-electron chi connectivity index (χ0n) is 8.21. The SMILES string of the molecule is CCC(O)Cc1nc(-c2ncn[nH]2)no1. The van der Waals surface area contributed by atoms with Crippen LogP contribution in [0.25, 0.3) is 11.6 Å². The summed E-state index contributed by atoms with van der Waals surface area (Å²) in [5.41, 5.74) is 0. The van der Waals surface area contributed by atoms with Crippen LogP contribution in [0.1, 0.15) is 19.2 Å². The predicted octanol–water partition coefficient (Wildman–Crippen LogP) is 0.168. The van der Waals surface area contributed by atoms with Crippen molar-refractivity contribution in [3.63, 3.8) is 0 Å². The largest absolute Gasteiger partial charge is 0.393 e. The molecule has 7 nitrogen and oxygen atoms in total. The van der Waals surface area contributed by atoms with E-state index < -0.39 is 6.10 Å². The number of aliphatic hydroxyl groups is 1. The van der Waals surface area contributed by atoms with Gasteiger partial charge in [0, 0.05) is 0 Å². The standard InChI is InChI=1S/C8H11N5O2/c1-2-5(14)3-6-11-8(13-15-6)7-9-4-10-12-7/h4-5,14H,2-3H2,1H3,(H,9,10,12). The Balaban J connectivity index is 2.11. The van der Waals surface area contributed by atoms with Crippen LogP contribution in [0.5, 0.6) is 0 Å². The van der Waals surface area contributed by atoms with Crippen LogP contribution in [0.4, 0.5) is 0 Å². The van der Waals surface area contributed by atoms with E-state index in [-0.39, 0.29) is 0 Å². The molecule has 0 saturated carbocycles. The number of aromatic nitrogens is 5. The maximum absolute atomic E-state index is 9.39. The number of aromatic amines is 1. The molecule has 0 saturated heterocycles. The molecule has 7 heteroatoms. The first-order valence-corrected chi connectivity index (χ1v) is 4.66. The number of nitrogens with zero attached hydrogens (tertiary/aromatic N) is 4. The first-order valence-electron chi connectivity index (χ1n) is 4.66. The van der Waals surface area contributed by atoms with Crippen LogP contribution in [-0.2, 0) is 6.42 Å². The Bertz CT molecular complexity index is 410. The monoisotopic (exact) mass is 209 g/mol. The van der Waals surface area contributed by atoms with Crippen LogP contribution in [0, 0.1) is 0 Å². The molecule has 1 unspecified atom stereocenters. The molecule has 80 valence electrons. The van der Waals surface area contributed by atoms with E-state index in [2.05, 4.69) is 25.3 Å². The van der Waals surface area contributed by atoms with Gasteiger partial charge in [-0.15, -0.1) is 0 Å². The number of H-pyrrole nitrogens is 1. The molecule has 0 aliphatic heterocycles. The third-order valence-corrected chi connectivity index (χ3v) is 1.98. The van der Waals surface area contributed by atoms with Crippen LogP contribution < -0.4 is 0 Å². The van der Waals surface area contributed by atoms with Crippen molar-refractivity contribution in [2.75, 3.05) is 0 Å². The average molecular weight is 209 g/mol. The Morgan fingerprint density at radius 3 is 3.13 bits per heavy atom. The van der Waals surface area contributed by atoms with Crippen molar-refractivity contribution < 1.29 is 9.63 Å². The number of nitrogens with one attached hydrogen (secondary N) is 1. The molecule has 0 spiro atoms. The molecule has 0 aromatic carbocycles. The molecule has 0 fully saturated rings. The van der Waals surface area contributed by atoms with Crippen molar-refractivity contribution in [1.29, 1.82) is 0 Å². The zero-order chi connectivity index (χ0) is 10.7. The molecule has 0 aliphatic rings. The highest BCUT2D eigenvalue weighted by Gasteiger charge is 2.13. The molecular formula is C8H11N5O2. The number of aliphatic hydroxyl groups excluding tert-OH is 1. The maximum atomic E-state index is 9.39. The van der Waals surface area contributed by atoms with Gasteiger partial charge in [0.15, 0.2) is 5.82 Å². The second kappa shape index (κ2) is 4.18. The van der Waals surface area contributed by atoms with Crippen molar-refractivity contribution in [2.45, 2.75) is 25.9 Å². The second-order valence-corrected chi connectivity index (χ2v) is 3.11. The summed E-state index contributed by atoms with van der Waals surface area (Å²) >= 11 is 0. The summed E-state index contributed by atoms with van der Waals surface area (Å²) in [5.74, 6) is 1.21. The van der Waals surface area contributed by atoms with Gasteiger partial charge in [-0.2, -0.15) is 10.1 Å². The molecule has 2 aromatic rings. The lowest BCUT2D eigenvalue weighted by molar-refractivity contribution is 0.158. The fraction of sp³-hybridized carbons (Fsp3) is 0.500. The minimum absolute atomic E-state index is 0.353. The van der Waals surface area contributed by atoms with Gasteiger partial charge in [0.1, 0.15) is 6.33 Å². The molecule has 0 bridgehead atoms. The maximum Gasteiger partial charge on any atom is 0.239 e. The van der Waals surface area contributed by atoms with Crippen LogP contribution in [0.3, 0.4) is 0 Å². The Labute approximate surface area is 85.5 Å². The second-order valence-electron chi connectivity index (χ2n) is 3.11. The summed E-state index contributed by atoms with van der Waals surface area (Å²) in [6, 6.07) is 0. The van der Waals surface area contributed by atoms with Crippen LogP contribution in [-0.4, -0.2) is 36.5 Å². The minimum Gasteiger partial charge on any atom is -0.393 e. The molecule has 0 aliphatic carbocycles. The molecule has 2 aromatic heterocycles. The molecule has 0 amide bonds. The first-order chi connectivity index (χ1) is 7.29. The van der Waals surface area contributed by atoms with Crippen molar-refractivity contribution in [3.8, 4) is 11.6 Å². The lowest BCUT2D eigenvalue weighted by atomic mass is 10.2. The first kappa shape index (κ1) is 9.78. The molecule has 2 N–H and O–H groups in total. The summed E-state index contributed by atoms with van der Waals surface area (Å²) < 4.78 is 4.95. The van der Waals surface area contributed by atoms with Crippen LogP contribution >= 0.6 is 0 Å². The summed E-state index contributed by atoms with van der Waals surface area (Å²) in [6.45, 7) is 1.89. The summed E-state index contributed by atoms with van der Waals surface area (Å²) in [4.78, 5) is 7.95. The highest BCUT2D eigenvalue weighted by molar-refractivity contribution is 5.39. The molecule has 15 heavy (non-hydrogen) atoms. The van der Waals surface area contributed by atoms with E-state index in [0.717, 1.165) is 0 Å². The quantitative estimate of drug-likeness (QED) is 0.744. The molecule has 2 heterocycles. The normalized spacial score (nSPS) is 12.9. The Morgan fingerprint density at radius 2 is 2.47 bits per heavy atom. The average Bonchev–Trinajstić information content (AvgIpc) is 2.85. The van der Waals surface area contributed by atoms with Gasteiger partial charge in [0.25, 0.3) is 0 Å². The minimum atomic E-state index is -0.451. The van der Waals surface area contributed by atoms with Gasteiger partial charge < -0.3 is 9.63 Å². The molecule has 0 radical (unpaired) electrons. The number of hydrogen-bond donors (Lipinski definition) is 2. The van der Waals surface area contributed by atoms with Gasteiger partial charge in [-0.05, 0) is 6.42 Å². The van der Waals surface area contributed by atoms with Gasteiger partial charge >= 0.3 is 0 Å². The van der Waals surface area contributed by atoms with Crippen molar-refractivity contribution in [2.24, 2.45) is 0 Å². The summed E-state index contributed by atoms with van der Waals surface area (Å²) in [5, 5.41) is 19.4. The van der Waals surface area contributed by atoms with E-state index in [1.54, 1.807) is 0 Å². The highest BCUT2D eigenvalue weighted by atomic mass is 16.5. The fourth-order valence-electron chi connectivity index (χ4n) is 1.09. The van der Waals surface area contributed by atoms with Crippen molar-refractivity contribution in [1.82, 2.24) is 25.3 Å². The summed E-state index contributed by atoms with van der Waals surface area (Å²) in [7, 11) is 0. The van der Waals surface area contributed by atoms with E-state index >= 15 is 0 Å². The molecular weight excluding hydrogens is 198 g/mol. The summed E-state index contributed by atoms with van der Waals surface area (Å²) in [6.07, 6.45) is 1.93. The van der Waals surface area contributed by atoms with E-state index in [1.165, 1.54) is 6.33 Å². The topological polar surface area (TPSA) is 101 Å². The smallest absolute Gasteiger partial charge is 0.239 e. The zero-order valence-corrected chi connectivity index (χ0v) is 8.21. The lowest BCUT2D eigenvalue weighted by Crippen LogP contribution is -2.08. The number of hydrogen-bond acceptors (Lipinski definition) is 6. The third-order valence-electron chi connectivity index (χ3n) is 1.98. The Hall–Kier alpha value is -1.76. The fourth-order valence-corrected chi connectivity index (χ4v) is 1.09. The van der Waals surface area contributed by atoms with E-state index in [1.807, 2.05) is 6.92 Å². The van der Waals surface area contributed by atoms with Crippen molar-refractivity contribution in [3.05, 3.63) is 12.2 Å². The van der Waals surface area contributed by atoms with Crippen LogP contribution in [0.15, 0.2) is 10.9 Å². The predicted molar refractivity (Wildman–Crippen MR) is 49.7 cm³/mol. The van der Waals surface area contributed by atoms with Gasteiger partial charge in [0.2, 0.25) is 11.7 Å². The molecule has 2 rings (SSSR count). The highest BCUT2D eigenvalue weighted by Crippen LogP contribution is 2.10. The lowest BCUT2D eigenvalue weighted by Gasteiger charge is -2.00. The Kier molecular flexibility index (Phi) is 2.72. The Morgan fingerprint density at radius 1 is 1.60 bits per heavy atom. The van der Waals surface area contributed by atoms with Gasteiger partial charge in [-0.1, -0.05) is 12.1 Å². The van der Waals surface area contributed by atoms with E-state index in [0.29, 0.717) is 30.4 Å². The van der Waals surface area contributed by atoms with Crippen molar-refractivity contribution >= 4 is 0 Å². The van der Waals surface area contributed by atoms with Gasteiger partial charge in [0.05, 0.1) is 12.5 Å². The van der Waals surface area contributed by atoms with Crippen LogP contribution in [0.2, 0.25) is 0 Å². The van der Waals surface area contributed by atoms with Gasteiger partial charge in [-0.25, -0.2) is 4.98 Å².